The molecule has 3 rings (SSSR count). The molecule has 2 aromatic rings. The number of benzene rings is 1. The number of rotatable bonds is 2. The van der Waals surface area contributed by atoms with Crippen molar-refractivity contribution < 1.29 is 9.18 Å². The minimum absolute atomic E-state index is 0.0253. The zero-order chi connectivity index (χ0) is 15.7. The average Bonchev–Trinajstić information content (AvgIpc) is 2.94. The predicted molar refractivity (Wildman–Crippen MR) is 84.1 cm³/mol. The summed E-state index contributed by atoms with van der Waals surface area (Å²) in [5.41, 5.74) is 1.63. The van der Waals surface area contributed by atoms with Gasteiger partial charge < -0.3 is 14.8 Å². The quantitative estimate of drug-likeness (QED) is 0.898. The van der Waals surface area contributed by atoms with Gasteiger partial charge >= 0.3 is 6.03 Å². The van der Waals surface area contributed by atoms with Crippen LogP contribution in [0.2, 0.25) is 0 Å². The number of carbonyl (C=O) groups excluding carboxylic acids is 1. The number of amides is 2. The molecule has 1 N–H and O–H groups in total. The van der Waals surface area contributed by atoms with E-state index < -0.39 is 0 Å². The molecular weight excluding hydrogens is 281 g/mol. The molecule has 1 aromatic heterocycles. The first-order valence-corrected chi connectivity index (χ1v) is 7.54. The van der Waals surface area contributed by atoms with Crippen molar-refractivity contribution in [1.82, 2.24) is 9.47 Å². The molecule has 0 bridgehead atoms. The lowest BCUT2D eigenvalue weighted by atomic mass is 9.97. The number of carbonyl (C=O) groups is 1. The maximum Gasteiger partial charge on any atom is 0.322 e. The molecule has 1 atom stereocenters. The second kappa shape index (κ2) is 5.83. The Morgan fingerprint density at radius 1 is 1.27 bits per heavy atom. The van der Waals surface area contributed by atoms with Crippen LogP contribution in [0.5, 0.6) is 0 Å². The summed E-state index contributed by atoms with van der Waals surface area (Å²) >= 11 is 0. The maximum absolute atomic E-state index is 13.3. The second-order valence-corrected chi connectivity index (χ2v) is 5.95. The lowest BCUT2D eigenvalue weighted by Crippen LogP contribution is -2.45. The number of aromatic nitrogens is 1. The SMILES string of the molecule is CC(C)C1c2cccn2CCN1C(=O)Nc1cccc(F)c1. The second-order valence-electron chi connectivity index (χ2n) is 5.95. The highest BCUT2D eigenvalue weighted by molar-refractivity contribution is 5.89. The van der Waals surface area contributed by atoms with E-state index in [9.17, 15) is 9.18 Å². The Bertz CT molecular complexity index is 680. The van der Waals surface area contributed by atoms with Crippen molar-refractivity contribution >= 4 is 11.7 Å². The molecule has 0 aliphatic carbocycles. The van der Waals surface area contributed by atoms with Gasteiger partial charge in [-0.3, -0.25) is 0 Å². The van der Waals surface area contributed by atoms with E-state index in [0.717, 1.165) is 12.2 Å². The normalized spacial score (nSPS) is 17.5. The number of hydrogen-bond donors (Lipinski definition) is 1. The Morgan fingerprint density at radius 3 is 2.82 bits per heavy atom. The van der Waals surface area contributed by atoms with Crippen molar-refractivity contribution in [3.8, 4) is 0 Å². The topological polar surface area (TPSA) is 37.3 Å². The number of nitrogens with zero attached hydrogens (tertiary/aromatic N) is 2. The van der Waals surface area contributed by atoms with Gasteiger partial charge in [-0.1, -0.05) is 19.9 Å². The van der Waals surface area contributed by atoms with E-state index in [4.69, 9.17) is 0 Å². The van der Waals surface area contributed by atoms with Gasteiger partial charge in [0.15, 0.2) is 0 Å². The number of anilines is 1. The van der Waals surface area contributed by atoms with E-state index in [1.54, 1.807) is 12.1 Å². The van der Waals surface area contributed by atoms with Gasteiger partial charge in [-0.05, 0) is 36.2 Å². The number of hydrogen-bond acceptors (Lipinski definition) is 1. The molecule has 0 saturated carbocycles. The summed E-state index contributed by atoms with van der Waals surface area (Å²) in [5, 5.41) is 2.80. The Morgan fingerprint density at radius 2 is 2.09 bits per heavy atom. The van der Waals surface area contributed by atoms with Crippen LogP contribution in [0.25, 0.3) is 0 Å². The Hall–Kier alpha value is -2.30. The summed E-state index contributed by atoms with van der Waals surface area (Å²) in [6.07, 6.45) is 2.05. The van der Waals surface area contributed by atoms with Gasteiger partial charge in [0.25, 0.3) is 0 Å². The van der Waals surface area contributed by atoms with Gasteiger partial charge in [-0.2, -0.15) is 0 Å². The summed E-state index contributed by atoms with van der Waals surface area (Å²) in [7, 11) is 0. The molecule has 0 fully saturated rings. The van der Waals surface area contributed by atoms with Crippen molar-refractivity contribution in [2.45, 2.75) is 26.4 Å². The van der Waals surface area contributed by atoms with E-state index in [-0.39, 0.29) is 17.9 Å². The van der Waals surface area contributed by atoms with Gasteiger partial charge in [0.1, 0.15) is 5.82 Å². The maximum atomic E-state index is 13.3. The summed E-state index contributed by atoms with van der Waals surface area (Å²) < 4.78 is 15.4. The monoisotopic (exact) mass is 301 g/mol. The lowest BCUT2D eigenvalue weighted by molar-refractivity contribution is 0.144. The summed E-state index contributed by atoms with van der Waals surface area (Å²) in [4.78, 5) is 14.4. The highest BCUT2D eigenvalue weighted by atomic mass is 19.1. The number of urea groups is 1. The van der Waals surface area contributed by atoms with Gasteiger partial charge in [0, 0.05) is 30.7 Å². The van der Waals surface area contributed by atoms with Crippen molar-refractivity contribution in [1.29, 1.82) is 0 Å². The molecule has 2 heterocycles. The molecular formula is C17H20FN3O. The highest BCUT2D eigenvalue weighted by Crippen LogP contribution is 2.32. The van der Waals surface area contributed by atoms with E-state index >= 15 is 0 Å². The van der Waals surface area contributed by atoms with E-state index in [1.807, 2.05) is 17.2 Å². The van der Waals surface area contributed by atoms with Crippen LogP contribution in [0.4, 0.5) is 14.9 Å². The zero-order valence-corrected chi connectivity index (χ0v) is 12.8. The first-order chi connectivity index (χ1) is 10.6. The Labute approximate surface area is 129 Å². The number of halogens is 1. The van der Waals surface area contributed by atoms with Crippen LogP contribution in [0.1, 0.15) is 25.6 Å². The van der Waals surface area contributed by atoms with Crippen molar-refractivity contribution in [3.05, 3.63) is 54.1 Å². The highest BCUT2D eigenvalue weighted by Gasteiger charge is 2.32. The fourth-order valence-corrected chi connectivity index (χ4v) is 3.10. The number of fused-ring (bicyclic) bond motifs is 1. The summed E-state index contributed by atoms with van der Waals surface area (Å²) in [6, 6.07) is 9.89. The number of nitrogens with one attached hydrogen (secondary N) is 1. The van der Waals surface area contributed by atoms with E-state index in [1.165, 1.54) is 12.1 Å². The van der Waals surface area contributed by atoms with Crippen molar-refractivity contribution in [3.63, 3.8) is 0 Å². The largest absolute Gasteiger partial charge is 0.348 e. The third kappa shape index (κ3) is 2.71. The molecule has 1 unspecified atom stereocenters. The molecule has 1 aliphatic rings. The lowest BCUT2D eigenvalue weighted by Gasteiger charge is -2.39. The molecule has 0 spiro atoms. The van der Waals surface area contributed by atoms with Crippen LogP contribution >= 0.6 is 0 Å². The molecule has 0 saturated heterocycles. The van der Waals surface area contributed by atoms with Crippen LogP contribution in [0.15, 0.2) is 42.6 Å². The third-order valence-corrected chi connectivity index (χ3v) is 4.05. The fourth-order valence-electron chi connectivity index (χ4n) is 3.10. The van der Waals surface area contributed by atoms with Crippen molar-refractivity contribution in [2.24, 2.45) is 5.92 Å². The van der Waals surface area contributed by atoms with E-state index in [0.29, 0.717) is 18.2 Å². The first kappa shape index (κ1) is 14.6. The van der Waals surface area contributed by atoms with Gasteiger partial charge in [-0.15, -0.1) is 0 Å². The molecule has 116 valence electrons. The minimum Gasteiger partial charge on any atom is -0.348 e. The third-order valence-electron chi connectivity index (χ3n) is 4.05. The predicted octanol–water partition coefficient (Wildman–Crippen LogP) is 3.87. The van der Waals surface area contributed by atoms with Gasteiger partial charge in [0.2, 0.25) is 0 Å². The van der Waals surface area contributed by atoms with Crippen molar-refractivity contribution in [2.75, 3.05) is 11.9 Å². The first-order valence-electron chi connectivity index (χ1n) is 7.54. The molecule has 5 heteroatoms. The van der Waals surface area contributed by atoms with Crippen LogP contribution in [-0.2, 0) is 6.54 Å². The van der Waals surface area contributed by atoms with E-state index in [2.05, 4.69) is 29.8 Å². The molecule has 1 aromatic carbocycles. The Kier molecular flexibility index (Phi) is 3.88. The minimum atomic E-state index is -0.356. The van der Waals surface area contributed by atoms with Crippen LogP contribution in [0.3, 0.4) is 0 Å². The van der Waals surface area contributed by atoms with Gasteiger partial charge in [-0.25, -0.2) is 9.18 Å². The standard InChI is InChI=1S/C17H20FN3O/c1-12(2)16-15-7-4-8-20(15)9-10-21(16)17(22)19-14-6-3-5-13(18)11-14/h3-8,11-12,16H,9-10H2,1-2H3,(H,19,22). The fraction of sp³-hybridized carbons (Fsp3) is 0.353. The van der Waals surface area contributed by atoms with Crippen LogP contribution in [-0.4, -0.2) is 22.0 Å². The summed E-state index contributed by atoms with van der Waals surface area (Å²) in [6.45, 7) is 5.64. The molecule has 2 amide bonds. The zero-order valence-electron chi connectivity index (χ0n) is 12.8. The molecule has 0 radical (unpaired) electrons. The van der Waals surface area contributed by atoms with Crippen LogP contribution in [0, 0.1) is 11.7 Å². The Balaban J connectivity index is 1.82. The van der Waals surface area contributed by atoms with Gasteiger partial charge in [0.05, 0.1) is 6.04 Å². The molecule has 22 heavy (non-hydrogen) atoms. The smallest absolute Gasteiger partial charge is 0.322 e. The molecule has 1 aliphatic heterocycles. The summed E-state index contributed by atoms with van der Waals surface area (Å²) in [5.74, 6) is -0.0575. The molecule has 4 nitrogen and oxygen atoms in total. The average molecular weight is 301 g/mol. The van der Waals surface area contributed by atoms with Crippen LogP contribution < -0.4 is 5.32 Å².